The van der Waals surface area contributed by atoms with Gasteiger partial charge < -0.3 is 0 Å². The van der Waals surface area contributed by atoms with E-state index in [1.807, 2.05) is 6.92 Å². The highest BCUT2D eigenvalue weighted by atomic mass is 32.2. The zero-order chi connectivity index (χ0) is 12.0. The molecule has 0 bridgehead atoms. The number of nitrogens with zero attached hydrogens (tertiary/aromatic N) is 2. The Balaban J connectivity index is 2.15. The van der Waals surface area contributed by atoms with Gasteiger partial charge in [0.2, 0.25) is 5.91 Å². The second kappa shape index (κ2) is 6.88. The van der Waals surface area contributed by atoms with Gasteiger partial charge >= 0.3 is 0 Å². The first-order valence-corrected chi connectivity index (χ1v) is 6.96. The maximum absolute atomic E-state index is 11.4. The maximum atomic E-state index is 11.4. The lowest BCUT2D eigenvalue weighted by molar-refractivity contribution is -0.168. The van der Waals surface area contributed by atoms with Gasteiger partial charge in [-0.15, -0.1) is 11.3 Å². The Hall–Kier alpha value is -0.590. The van der Waals surface area contributed by atoms with Crippen LogP contribution in [0.2, 0.25) is 0 Å². The number of amides is 1. The lowest BCUT2D eigenvalue weighted by Crippen LogP contribution is -2.25. The number of hydroxylamine groups is 2. The molecule has 6 heteroatoms. The van der Waals surface area contributed by atoms with Gasteiger partial charge in [-0.2, -0.15) is 11.8 Å². The first kappa shape index (κ1) is 13.5. The van der Waals surface area contributed by atoms with Gasteiger partial charge in [-0.25, -0.2) is 10.0 Å². The topological polar surface area (TPSA) is 42.4 Å². The third kappa shape index (κ3) is 4.51. The summed E-state index contributed by atoms with van der Waals surface area (Å²) in [5, 5.41) is 4.41. The van der Waals surface area contributed by atoms with Crippen molar-refractivity contribution in [2.45, 2.75) is 19.1 Å². The Morgan fingerprint density at radius 3 is 3.00 bits per heavy atom. The van der Waals surface area contributed by atoms with Crippen molar-refractivity contribution in [2.24, 2.45) is 0 Å². The van der Waals surface area contributed by atoms with E-state index in [9.17, 15) is 4.79 Å². The van der Waals surface area contributed by atoms with Crippen LogP contribution in [-0.2, 0) is 15.4 Å². The normalized spacial score (nSPS) is 10.4. The molecule has 0 aliphatic heterocycles. The zero-order valence-electron chi connectivity index (χ0n) is 9.73. The van der Waals surface area contributed by atoms with Crippen molar-refractivity contribution >= 4 is 29.0 Å². The van der Waals surface area contributed by atoms with Crippen LogP contribution in [-0.4, -0.2) is 35.9 Å². The summed E-state index contributed by atoms with van der Waals surface area (Å²) in [4.78, 5) is 20.5. The lowest BCUT2D eigenvalue weighted by Gasteiger charge is -2.12. The third-order valence-corrected chi connectivity index (χ3v) is 3.82. The van der Waals surface area contributed by atoms with Crippen LogP contribution >= 0.6 is 23.1 Å². The molecule has 1 amide bonds. The van der Waals surface area contributed by atoms with Crippen molar-refractivity contribution in [1.29, 1.82) is 0 Å². The number of thiazole rings is 1. The molecule has 1 aromatic heterocycles. The molecule has 1 heterocycles. The van der Waals surface area contributed by atoms with Crippen molar-refractivity contribution < 1.29 is 9.63 Å². The average Bonchev–Trinajstić information content (AvgIpc) is 2.69. The fourth-order valence-corrected chi connectivity index (χ4v) is 2.61. The van der Waals surface area contributed by atoms with Crippen LogP contribution in [0.5, 0.6) is 0 Å². The number of hydrogen-bond donors (Lipinski definition) is 0. The van der Waals surface area contributed by atoms with E-state index in [4.69, 9.17) is 4.84 Å². The minimum atomic E-state index is 0.00413. The first-order valence-electron chi connectivity index (χ1n) is 4.93. The number of thioether (sulfide) groups is 1. The molecule has 0 radical (unpaired) electrons. The minimum absolute atomic E-state index is 0.00413. The van der Waals surface area contributed by atoms with Gasteiger partial charge in [0.05, 0.1) is 17.8 Å². The summed E-state index contributed by atoms with van der Waals surface area (Å²) in [6.07, 6.45) is 0.498. The minimum Gasteiger partial charge on any atom is -0.275 e. The van der Waals surface area contributed by atoms with E-state index in [1.165, 1.54) is 12.2 Å². The van der Waals surface area contributed by atoms with Crippen molar-refractivity contribution in [2.75, 3.05) is 19.9 Å². The molecule has 0 aliphatic carbocycles. The van der Waals surface area contributed by atoms with E-state index in [1.54, 1.807) is 30.1 Å². The zero-order valence-corrected chi connectivity index (χ0v) is 11.4. The fraction of sp³-hybridized carbons (Fsp3) is 0.600. The SMILES string of the molecule is CON(C)C(=O)CCSCc1csc(C)n1. The summed E-state index contributed by atoms with van der Waals surface area (Å²) >= 11 is 3.37. The fourth-order valence-electron chi connectivity index (χ4n) is 1.07. The van der Waals surface area contributed by atoms with Crippen LogP contribution in [0, 0.1) is 6.92 Å². The molecule has 1 aromatic rings. The number of rotatable bonds is 6. The van der Waals surface area contributed by atoms with Crippen LogP contribution in [0.4, 0.5) is 0 Å². The molecule has 0 saturated carbocycles. The van der Waals surface area contributed by atoms with E-state index in [0.717, 1.165) is 22.2 Å². The van der Waals surface area contributed by atoms with Crippen LogP contribution < -0.4 is 0 Å². The summed E-state index contributed by atoms with van der Waals surface area (Å²) < 4.78 is 0. The Morgan fingerprint density at radius 1 is 1.69 bits per heavy atom. The molecule has 0 fully saturated rings. The molecule has 0 spiro atoms. The molecule has 0 N–H and O–H groups in total. The Bertz CT molecular complexity index is 341. The maximum Gasteiger partial charge on any atom is 0.246 e. The van der Waals surface area contributed by atoms with Gasteiger partial charge in [-0.05, 0) is 6.92 Å². The molecular weight excluding hydrogens is 244 g/mol. The highest BCUT2D eigenvalue weighted by molar-refractivity contribution is 7.98. The predicted octanol–water partition coefficient (Wildman–Crippen LogP) is 2.09. The van der Waals surface area contributed by atoms with Crippen LogP contribution in [0.3, 0.4) is 0 Å². The second-order valence-corrected chi connectivity index (χ2v) is 5.40. The van der Waals surface area contributed by atoms with Crippen molar-refractivity contribution in [3.8, 4) is 0 Å². The molecule has 0 unspecified atom stereocenters. The first-order chi connectivity index (χ1) is 7.63. The molecule has 4 nitrogen and oxygen atoms in total. The summed E-state index contributed by atoms with van der Waals surface area (Å²) in [7, 11) is 3.11. The van der Waals surface area contributed by atoms with E-state index >= 15 is 0 Å². The molecule has 0 saturated heterocycles. The Morgan fingerprint density at radius 2 is 2.44 bits per heavy atom. The number of aromatic nitrogens is 1. The van der Waals surface area contributed by atoms with Crippen LogP contribution in [0.15, 0.2) is 5.38 Å². The van der Waals surface area contributed by atoms with E-state index in [2.05, 4.69) is 10.4 Å². The van der Waals surface area contributed by atoms with E-state index in [-0.39, 0.29) is 5.91 Å². The number of aryl methyl sites for hydroxylation is 1. The summed E-state index contributed by atoms with van der Waals surface area (Å²) in [6.45, 7) is 2.00. The average molecular weight is 260 g/mol. The molecule has 0 aromatic carbocycles. The van der Waals surface area contributed by atoms with Crippen molar-refractivity contribution in [3.05, 3.63) is 16.1 Å². The number of hydrogen-bond acceptors (Lipinski definition) is 5. The number of carbonyl (C=O) groups is 1. The number of carbonyl (C=O) groups excluding carboxylic acids is 1. The molecule has 0 aliphatic rings. The van der Waals surface area contributed by atoms with E-state index < -0.39 is 0 Å². The van der Waals surface area contributed by atoms with Gasteiger partial charge in [0.1, 0.15) is 0 Å². The molecule has 1 rings (SSSR count). The van der Waals surface area contributed by atoms with E-state index in [0.29, 0.717) is 6.42 Å². The van der Waals surface area contributed by atoms with Gasteiger partial charge in [-0.3, -0.25) is 9.63 Å². The van der Waals surface area contributed by atoms with Crippen LogP contribution in [0.1, 0.15) is 17.1 Å². The third-order valence-electron chi connectivity index (χ3n) is 2.00. The van der Waals surface area contributed by atoms with Gasteiger partial charge in [-0.1, -0.05) is 0 Å². The van der Waals surface area contributed by atoms with Crippen molar-refractivity contribution in [3.63, 3.8) is 0 Å². The molecule has 16 heavy (non-hydrogen) atoms. The predicted molar refractivity (Wildman–Crippen MR) is 67.4 cm³/mol. The van der Waals surface area contributed by atoms with Crippen molar-refractivity contribution in [1.82, 2.24) is 10.0 Å². The standard InChI is InChI=1S/C10H16N2O2S2/c1-8-11-9(7-16-8)6-15-5-4-10(13)12(2)14-3/h7H,4-6H2,1-3H3. The Kier molecular flexibility index (Phi) is 5.79. The van der Waals surface area contributed by atoms with Crippen LogP contribution in [0.25, 0.3) is 0 Å². The lowest BCUT2D eigenvalue weighted by atomic mass is 10.4. The summed E-state index contributed by atoms with van der Waals surface area (Å²) in [6, 6.07) is 0. The summed E-state index contributed by atoms with van der Waals surface area (Å²) in [5.74, 6) is 1.67. The summed E-state index contributed by atoms with van der Waals surface area (Å²) in [5.41, 5.74) is 1.10. The van der Waals surface area contributed by atoms with Gasteiger partial charge in [0.25, 0.3) is 0 Å². The molecule has 0 atom stereocenters. The highest BCUT2D eigenvalue weighted by Crippen LogP contribution is 2.15. The molecule has 90 valence electrons. The highest BCUT2D eigenvalue weighted by Gasteiger charge is 2.07. The Labute approximate surface area is 104 Å². The largest absolute Gasteiger partial charge is 0.275 e. The molecular formula is C10H16N2O2S2. The van der Waals surface area contributed by atoms with Gasteiger partial charge in [0.15, 0.2) is 0 Å². The smallest absolute Gasteiger partial charge is 0.246 e. The van der Waals surface area contributed by atoms with Gasteiger partial charge in [0, 0.05) is 30.4 Å². The quantitative estimate of drug-likeness (QED) is 0.580. The second-order valence-electron chi connectivity index (χ2n) is 3.23. The monoisotopic (exact) mass is 260 g/mol.